The molecule has 3 amide bonds. The Morgan fingerprint density at radius 3 is 2.61 bits per heavy atom. The monoisotopic (exact) mass is 315 g/mol. The van der Waals surface area contributed by atoms with Gasteiger partial charge in [0.2, 0.25) is 5.91 Å². The molecule has 1 aromatic rings. The minimum atomic E-state index is -0.871. The van der Waals surface area contributed by atoms with Gasteiger partial charge in [-0.25, -0.2) is 4.79 Å². The van der Waals surface area contributed by atoms with Gasteiger partial charge in [-0.15, -0.1) is 0 Å². The van der Waals surface area contributed by atoms with Gasteiger partial charge in [-0.2, -0.15) is 0 Å². The number of nitrogens with one attached hydrogen (secondary N) is 2. The number of anilines is 1. The van der Waals surface area contributed by atoms with Crippen molar-refractivity contribution >= 4 is 33.6 Å². The van der Waals surface area contributed by atoms with Crippen LogP contribution in [-0.4, -0.2) is 25.1 Å². The predicted molar refractivity (Wildman–Crippen MR) is 71.5 cm³/mol. The Labute approximate surface area is 113 Å². The lowest BCUT2D eigenvalue weighted by atomic mass is 10.2. The Balaban J connectivity index is 2.70. The molecule has 6 nitrogen and oxygen atoms in total. The van der Waals surface area contributed by atoms with Crippen molar-refractivity contribution in [2.45, 2.75) is 13.0 Å². The first-order valence-corrected chi connectivity index (χ1v) is 5.93. The molecule has 0 unspecified atom stereocenters. The van der Waals surface area contributed by atoms with Gasteiger partial charge in [0.25, 0.3) is 0 Å². The van der Waals surface area contributed by atoms with Crippen LogP contribution in [0.3, 0.4) is 0 Å². The van der Waals surface area contributed by atoms with Crippen LogP contribution in [0.15, 0.2) is 22.7 Å². The molecule has 0 fully saturated rings. The van der Waals surface area contributed by atoms with Crippen molar-refractivity contribution in [1.29, 1.82) is 0 Å². The smallest absolute Gasteiger partial charge is 0.318 e. The maximum Gasteiger partial charge on any atom is 0.318 e. The van der Waals surface area contributed by atoms with E-state index in [1.54, 1.807) is 32.2 Å². The number of urea groups is 1. The fourth-order valence-electron chi connectivity index (χ4n) is 1.30. The third-order valence-electron chi connectivity index (χ3n) is 2.17. The molecular formula is C11H14BrN3O3. The van der Waals surface area contributed by atoms with Crippen LogP contribution in [0.25, 0.3) is 0 Å². The van der Waals surface area contributed by atoms with Gasteiger partial charge < -0.3 is 15.8 Å². The van der Waals surface area contributed by atoms with Gasteiger partial charge in [0.05, 0.1) is 11.6 Å². The summed E-state index contributed by atoms with van der Waals surface area (Å²) < 4.78 is 5.85. The molecule has 0 spiro atoms. The number of carbonyl (C=O) groups is 2. The second-order valence-corrected chi connectivity index (χ2v) is 4.42. The Morgan fingerprint density at radius 2 is 2.11 bits per heavy atom. The van der Waals surface area contributed by atoms with Crippen LogP contribution in [0.5, 0.6) is 5.75 Å². The highest BCUT2D eigenvalue weighted by atomic mass is 79.9. The number of imide groups is 1. The number of rotatable bonds is 4. The molecule has 0 aliphatic heterocycles. The highest BCUT2D eigenvalue weighted by Crippen LogP contribution is 2.27. The number of hydrogen-bond acceptors (Lipinski definition) is 4. The lowest BCUT2D eigenvalue weighted by molar-refractivity contribution is -0.120. The minimum absolute atomic E-state index is 0.491. The fourth-order valence-corrected chi connectivity index (χ4v) is 1.84. The van der Waals surface area contributed by atoms with Crippen LogP contribution in [0.1, 0.15) is 6.92 Å². The number of halogens is 1. The van der Waals surface area contributed by atoms with Crippen LogP contribution >= 0.6 is 15.9 Å². The molecule has 0 saturated carbocycles. The molecule has 0 aromatic heterocycles. The summed E-state index contributed by atoms with van der Waals surface area (Å²) in [5, 5.41) is 4.93. The van der Waals surface area contributed by atoms with Crippen molar-refractivity contribution < 1.29 is 14.3 Å². The second-order valence-electron chi connectivity index (χ2n) is 3.57. The number of primary amides is 1. The van der Waals surface area contributed by atoms with Crippen LogP contribution in [0.4, 0.5) is 10.5 Å². The molecule has 0 aliphatic rings. The van der Waals surface area contributed by atoms with E-state index in [-0.39, 0.29) is 0 Å². The first kappa shape index (κ1) is 14.3. The van der Waals surface area contributed by atoms with Crippen molar-refractivity contribution in [2.75, 3.05) is 12.4 Å². The molecule has 0 radical (unpaired) electrons. The maximum absolute atomic E-state index is 11.5. The Morgan fingerprint density at radius 1 is 1.44 bits per heavy atom. The summed E-state index contributed by atoms with van der Waals surface area (Å²) in [7, 11) is 1.57. The number of hydrogen-bond donors (Lipinski definition) is 3. The van der Waals surface area contributed by atoms with Gasteiger partial charge in [0.1, 0.15) is 11.8 Å². The summed E-state index contributed by atoms with van der Waals surface area (Å²) >= 11 is 3.33. The fraction of sp³-hybridized carbons (Fsp3) is 0.273. The highest BCUT2D eigenvalue weighted by molar-refractivity contribution is 9.10. The normalized spacial score (nSPS) is 11.5. The molecule has 1 aromatic carbocycles. The summed E-state index contributed by atoms with van der Waals surface area (Å²) in [5.41, 5.74) is 5.58. The van der Waals surface area contributed by atoms with Gasteiger partial charge in [-0.3, -0.25) is 10.1 Å². The highest BCUT2D eigenvalue weighted by Gasteiger charge is 2.14. The van der Waals surface area contributed by atoms with E-state index in [1.807, 2.05) is 5.32 Å². The van der Waals surface area contributed by atoms with E-state index >= 15 is 0 Å². The maximum atomic E-state index is 11.5. The van der Waals surface area contributed by atoms with E-state index in [1.165, 1.54) is 0 Å². The molecule has 18 heavy (non-hydrogen) atoms. The predicted octanol–water partition coefficient (Wildman–Crippen LogP) is 1.45. The van der Waals surface area contributed by atoms with Gasteiger partial charge in [0, 0.05) is 5.69 Å². The Bertz CT molecular complexity index is 465. The SMILES string of the molecule is COc1ccc(N[C@@H](C)C(=O)NC(N)=O)cc1Br. The molecular weight excluding hydrogens is 302 g/mol. The molecule has 4 N–H and O–H groups in total. The summed E-state index contributed by atoms with van der Waals surface area (Å²) in [6.45, 7) is 1.62. The molecule has 0 heterocycles. The first-order valence-electron chi connectivity index (χ1n) is 5.14. The minimum Gasteiger partial charge on any atom is -0.496 e. The molecule has 1 atom stereocenters. The van der Waals surface area contributed by atoms with Gasteiger partial charge in [-0.05, 0) is 41.1 Å². The van der Waals surface area contributed by atoms with E-state index in [2.05, 4.69) is 21.2 Å². The topological polar surface area (TPSA) is 93.4 Å². The van der Waals surface area contributed by atoms with Crippen LogP contribution in [0.2, 0.25) is 0 Å². The molecule has 0 aliphatic carbocycles. The third-order valence-corrected chi connectivity index (χ3v) is 2.79. The lowest BCUT2D eigenvalue weighted by Crippen LogP contribution is -2.43. The van der Waals surface area contributed by atoms with Crippen molar-refractivity contribution in [3.05, 3.63) is 22.7 Å². The van der Waals surface area contributed by atoms with E-state index in [0.29, 0.717) is 5.75 Å². The zero-order valence-corrected chi connectivity index (χ0v) is 11.6. The van der Waals surface area contributed by atoms with Crippen LogP contribution in [0, 0.1) is 0 Å². The molecule has 1 rings (SSSR count). The van der Waals surface area contributed by atoms with Crippen molar-refractivity contribution in [2.24, 2.45) is 5.73 Å². The Hall–Kier alpha value is -1.76. The van der Waals surface area contributed by atoms with Crippen LogP contribution < -0.4 is 21.1 Å². The zero-order valence-electron chi connectivity index (χ0n) is 9.99. The zero-order chi connectivity index (χ0) is 13.7. The number of ether oxygens (including phenoxy) is 1. The first-order chi connectivity index (χ1) is 8.43. The summed E-state index contributed by atoms with van der Waals surface area (Å²) in [5.74, 6) is 0.198. The Kier molecular flexibility index (Phi) is 4.96. The average molecular weight is 316 g/mol. The van der Waals surface area contributed by atoms with Crippen molar-refractivity contribution in [1.82, 2.24) is 5.32 Å². The molecule has 7 heteroatoms. The van der Waals surface area contributed by atoms with Gasteiger partial charge in [0.15, 0.2) is 0 Å². The quantitative estimate of drug-likeness (QED) is 0.784. The second kappa shape index (κ2) is 6.25. The number of amides is 3. The van der Waals surface area contributed by atoms with Gasteiger partial charge in [-0.1, -0.05) is 0 Å². The molecule has 0 saturated heterocycles. The number of carbonyl (C=O) groups excluding carboxylic acids is 2. The molecule has 98 valence electrons. The lowest BCUT2D eigenvalue weighted by Gasteiger charge is -2.14. The summed E-state index contributed by atoms with van der Waals surface area (Å²) in [6, 6.07) is 3.83. The third kappa shape index (κ3) is 3.92. The number of nitrogens with two attached hydrogens (primary N) is 1. The van der Waals surface area contributed by atoms with Crippen molar-refractivity contribution in [3.8, 4) is 5.75 Å². The van der Waals surface area contributed by atoms with E-state index in [4.69, 9.17) is 10.5 Å². The standard InChI is InChI=1S/C11H14BrN3O3/c1-6(10(16)15-11(13)17)14-7-3-4-9(18-2)8(12)5-7/h3-6,14H,1-2H3,(H3,13,15,16,17)/t6-/m0/s1. The summed E-state index contributed by atoms with van der Waals surface area (Å²) in [4.78, 5) is 22.0. The summed E-state index contributed by atoms with van der Waals surface area (Å²) in [6.07, 6.45) is 0. The van der Waals surface area contributed by atoms with E-state index in [0.717, 1.165) is 10.2 Å². The van der Waals surface area contributed by atoms with E-state index < -0.39 is 18.0 Å². The van der Waals surface area contributed by atoms with Gasteiger partial charge >= 0.3 is 6.03 Å². The largest absolute Gasteiger partial charge is 0.496 e. The number of methoxy groups -OCH3 is 1. The number of benzene rings is 1. The van der Waals surface area contributed by atoms with Crippen LogP contribution in [-0.2, 0) is 4.79 Å². The average Bonchev–Trinajstić information content (AvgIpc) is 2.28. The van der Waals surface area contributed by atoms with Crippen molar-refractivity contribution in [3.63, 3.8) is 0 Å². The molecule has 0 bridgehead atoms. The van der Waals surface area contributed by atoms with E-state index in [9.17, 15) is 9.59 Å².